The van der Waals surface area contributed by atoms with Crippen LogP contribution in [0, 0.1) is 5.82 Å². The number of benzene rings is 3. The maximum absolute atomic E-state index is 13.3. The van der Waals surface area contributed by atoms with Crippen LogP contribution < -0.4 is 0 Å². The number of rotatable bonds is 2. The Hall–Kier alpha value is -3.07. The third-order valence-corrected chi connectivity index (χ3v) is 4.38. The molecule has 0 aromatic heterocycles. The number of halogens is 1. The van der Waals surface area contributed by atoms with Gasteiger partial charge in [0, 0.05) is 0 Å². The Balaban J connectivity index is 1.93. The van der Waals surface area contributed by atoms with Crippen LogP contribution in [0.5, 0.6) is 11.5 Å². The van der Waals surface area contributed by atoms with E-state index < -0.39 is 0 Å². The Morgan fingerprint density at radius 3 is 2.04 bits per heavy atom. The van der Waals surface area contributed by atoms with E-state index in [4.69, 9.17) is 0 Å². The lowest BCUT2D eigenvalue weighted by Crippen LogP contribution is -1.89. The molecule has 4 rings (SSSR count). The maximum Gasteiger partial charge on any atom is 0.123 e. The lowest BCUT2D eigenvalue weighted by atomic mass is 9.94. The summed E-state index contributed by atoms with van der Waals surface area (Å²) in [5, 5.41) is 19.3. The molecule has 118 valence electrons. The highest BCUT2D eigenvalue weighted by atomic mass is 19.1. The van der Waals surface area contributed by atoms with E-state index in [2.05, 4.69) is 0 Å². The Labute approximate surface area is 139 Å². The molecule has 2 N–H and O–H groups in total. The van der Waals surface area contributed by atoms with Crippen LogP contribution in [0.2, 0.25) is 0 Å². The molecule has 3 heteroatoms. The second-order valence-corrected chi connectivity index (χ2v) is 5.93. The summed E-state index contributed by atoms with van der Waals surface area (Å²) in [7, 11) is 0. The van der Waals surface area contributed by atoms with E-state index in [0.29, 0.717) is 6.42 Å². The van der Waals surface area contributed by atoms with Crippen molar-refractivity contribution in [3.8, 4) is 11.5 Å². The Bertz CT molecular complexity index is 939. The standard InChI is InChI=1S/C21H15FO2/c22-16-5-1-14(2-6-16)21-19-10-9-18(24)11-15(19)12-20(21)13-3-7-17(23)8-4-13/h1-11,23-24H,12H2. The van der Waals surface area contributed by atoms with Crippen molar-refractivity contribution < 1.29 is 14.6 Å². The highest BCUT2D eigenvalue weighted by molar-refractivity contribution is 6.03. The molecule has 0 bridgehead atoms. The van der Waals surface area contributed by atoms with Crippen molar-refractivity contribution in [2.45, 2.75) is 6.42 Å². The summed E-state index contributed by atoms with van der Waals surface area (Å²) < 4.78 is 13.3. The molecule has 0 radical (unpaired) electrons. The number of allylic oxidation sites excluding steroid dienone is 1. The van der Waals surface area contributed by atoms with Crippen molar-refractivity contribution >= 4 is 11.1 Å². The molecular formula is C21H15FO2. The second kappa shape index (κ2) is 5.53. The zero-order valence-electron chi connectivity index (χ0n) is 12.8. The normalized spacial score (nSPS) is 13.2. The van der Waals surface area contributed by atoms with Gasteiger partial charge in [0.15, 0.2) is 0 Å². The highest BCUT2D eigenvalue weighted by Gasteiger charge is 2.24. The Morgan fingerprint density at radius 2 is 1.33 bits per heavy atom. The molecule has 0 amide bonds. The first kappa shape index (κ1) is 14.5. The first-order valence-electron chi connectivity index (χ1n) is 7.72. The van der Waals surface area contributed by atoms with Crippen LogP contribution in [0.25, 0.3) is 11.1 Å². The van der Waals surface area contributed by atoms with E-state index in [1.807, 2.05) is 18.2 Å². The summed E-state index contributed by atoms with van der Waals surface area (Å²) in [5.74, 6) is 0.185. The second-order valence-electron chi connectivity index (χ2n) is 5.93. The number of phenolic OH excluding ortho intramolecular Hbond substituents is 2. The lowest BCUT2D eigenvalue weighted by Gasteiger charge is -2.10. The van der Waals surface area contributed by atoms with E-state index in [0.717, 1.165) is 33.4 Å². The zero-order valence-corrected chi connectivity index (χ0v) is 12.8. The van der Waals surface area contributed by atoms with Crippen molar-refractivity contribution in [2.24, 2.45) is 0 Å². The van der Waals surface area contributed by atoms with Crippen LogP contribution in [0.1, 0.15) is 22.3 Å². The molecule has 1 aliphatic rings. The van der Waals surface area contributed by atoms with Crippen molar-refractivity contribution in [1.82, 2.24) is 0 Å². The number of hydrogen-bond acceptors (Lipinski definition) is 2. The van der Waals surface area contributed by atoms with Gasteiger partial charge in [0.2, 0.25) is 0 Å². The molecule has 0 unspecified atom stereocenters. The quantitative estimate of drug-likeness (QED) is 0.715. The molecule has 0 heterocycles. The van der Waals surface area contributed by atoms with Gasteiger partial charge >= 0.3 is 0 Å². The number of phenols is 2. The van der Waals surface area contributed by atoms with Gasteiger partial charge in [0.25, 0.3) is 0 Å². The minimum Gasteiger partial charge on any atom is -0.508 e. The van der Waals surface area contributed by atoms with Gasteiger partial charge in [0.05, 0.1) is 0 Å². The third-order valence-electron chi connectivity index (χ3n) is 4.38. The molecule has 2 nitrogen and oxygen atoms in total. The highest BCUT2D eigenvalue weighted by Crippen LogP contribution is 2.43. The summed E-state index contributed by atoms with van der Waals surface area (Å²) >= 11 is 0. The first-order chi connectivity index (χ1) is 11.6. The predicted molar refractivity (Wildman–Crippen MR) is 92.2 cm³/mol. The topological polar surface area (TPSA) is 40.5 Å². The molecule has 0 atom stereocenters. The first-order valence-corrected chi connectivity index (χ1v) is 7.72. The summed E-state index contributed by atoms with van der Waals surface area (Å²) in [5.41, 5.74) is 6.16. The fourth-order valence-electron chi connectivity index (χ4n) is 3.27. The summed E-state index contributed by atoms with van der Waals surface area (Å²) in [6, 6.07) is 18.9. The molecule has 3 aromatic carbocycles. The fourth-order valence-corrected chi connectivity index (χ4v) is 3.27. The number of aromatic hydroxyl groups is 2. The van der Waals surface area contributed by atoms with Crippen molar-refractivity contribution in [3.63, 3.8) is 0 Å². The molecule has 0 saturated heterocycles. The van der Waals surface area contributed by atoms with E-state index in [1.165, 1.54) is 12.1 Å². The number of hydrogen-bond donors (Lipinski definition) is 2. The van der Waals surface area contributed by atoms with Crippen LogP contribution in [-0.4, -0.2) is 10.2 Å². The third kappa shape index (κ3) is 2.44. The van der Waals surface area contributed by atoms with Gasteiger partial charge in [-0.25, -0.2) is 4.39 Å². The molecule has 0 spiro atoms. The minimum atomic E-state index is -0.269. The van der Waals surface area contributed by atoms with Gasteiger partial charge < -0.3 is 10.2 Å². The van der Waals surface area contributed by atoms with Crippen LogP contribution >= 0.6 is 0 Å². The van der Waals surface area contributed by atoms with E-state index in [-0.39, 0.29) is 17.3 Å². The Morgan fingerprint density at radius 1 is 0.708 bits per heavy atom. The summed E-state index contributed by atoms with van der Waals surface area (Å²) in [6.07, 6.45) is 0.682. The molecule has 0 aliphatic heterocycles. The van der Waals surface area contributed by atoms with Gasteiger partial charge in [-0.1, -0.05) is 30.3 Å². The molecule has 1 aliphatic carbocycles. The molecule has 3 aromatic rings. The molecule has 0 fully saturated rings. The summed E-state index contributed by atoms with van der Waals surface area (Å²) in [4.78, 5) is 0. The zero-order chi connectivity index (χ0) is 16.7. The van der Waals surface area contributed by atoms with E-state index >= 15 is 0 Å². The molecular weight excluding hydrogens is 303 g/mol. The monoisotopic (exact) mass is 318 g/mol. The minimum absolute atomic E-state index is 0.218. The van der Waals surface area contributed by atoms with E-state index in [1.54, 1.807) is 36.4 Å². The van der Waals surface area contributed by atoms with Gasteiger partial charge in [-0.15, -0.1) is 0 Å². The largest absolute Gasteiger partial charge is 0.508 e. The van der Waals surface area contributed by atoms with Crippen molar-refractivity contribution in [3.05, 3.63) is 94.8 Å². The van der Waals surface area contributed by atoms with Gasteiger partial charge in [0.1, 0.15) is 17.3 Å². The van der Waals surface area contributed by atoms with E-state index in [9.17, 15) is 14.6 Å². The van der Waals surface area contributed by atoms with Crippen LogP contribution in [-0.2, 0) is 6.42 Å². The predicted octanol–water partition coefficient (Wildman–Crippen LogP) is 4.75. The molecule has 0 saturated carbocycles. The fraction of sp³-hybridized carbons (Fsp3) is 0.0476. The van der Waals surface area contributed by atoms with Crippen LogP contribution in [0.3, 0.4) is 0 Å². The Kier molecular flexibility index (Phi) is 3.35. The average molecular weight is 318 g/mol. The maximum atomic E-state index is 13.3. The number of fused-ring (bicyclic) bond motifs is 1. The average Bonchev–Trinajstić information content (AvgIpc) is 2.94. The SMILES string of the molecule is Oc1ccc(C2=C(c3ccc(F)cc3)c3ccc(O)cc3C2)cc1. The van der Waals surface area contributed by atoms with Crippen LogP contribution in [0.4, 0.5) is 4.39 Å². The van der Waals surface area contributed by atoms with Crippen molar-refractivity contribution in [2.75, 3.05) is 0 Å². The molecule has 24 heavy (non-hydrogen) atoms. The van der Waals surface area contributed by atoms with Gasteiger partial charge in [-0.3, -0.25) is 0 Å². The van der Waals surface area contributed by atoms with Crippen molar-refractivity contribution in [1.29, 1.82) is 0 Å². The van der Waals surface area contributed by atoms with Crippen LogP contribution in [0.15, 0.2) is 66.7 Å². The van der Waals surface area contributed by atoms with Gasteiger partial charge in [-0.05, 0) is 76.2 Å². The lowest BCUT2D eigenvalue weighted by molar-refractivity contribution is 0.474. The smallest absolute Gasteiger partial charge is 0.123 e. The summed E-state index contributed by atoms with van der Waals surface area (Å²) in [6.45, 7) is 0. The van der Waals surface area contributed by atoms with Gasteiger partial charge in [-0.2, -0.15) is 0 Å².